The van der Waals surface area contributed by atoms with Crippen LogP contribution in [-0.2, 0) is 16.4 Å². The number of ether oxygens (including phenoxy) is 2. The molecule has 0 spiro atoms. The van der Waals surface area contributed by atoms with Crippen LogP contribution >= 0.6 is 11.8 Å². The molecule has 0 saturated carbocycles. The van der Waals surface area contributed by atoms with Crippen molar-refractivity contribution in [1.29, 1.82) is 0 Å². The quantitative estimate of drug-likeness (QED) is 0.742. The van der Waals surface area contributed by atoms with Crippen LogP contribution in [0.25, 0.3) is 0 Å². The molecular weight excluding hydrogens is 426 g/mol. The van der Waals surface area contributed by atoms with E-state index < -0.39 is 9.84 Å². The minimum Gasteiger partial charge on any atom is -0.454 e. The Morgan fingerprint density at radius 3 is 2.87 bits per heavy atom. The molecule has 0 radical (unpaired) electrons. The van der Waals surface area contributed by atoms with Gasteiger partial charge < -0.3 is 20.1 Å². The zero-order chi connectivity index (χ0) is 20.7. The summed E-state index contributed by atoms with van der Waals surface area (Å²) in [5, 5.41) is 6.78. The number of fused-ring (bicyclic) bond motifs is 2. The third kappa shape index (κ3) is 3.97. The number of amidine groups is 1. The highest BCUT2D eigenvalue weighted by molar-refractivity contribution is 8.15. The molecule has 0 aromatic heterocycles. The smallest absolute Gasteiger partial charge is 0.251 e. The summed E-state index contributed by atoms with van der Waals surface area (Å²) >= 11 is 1.45. The van der Waals surface area contributed by atoms with Gasteiger partial charge in [0.1, 0.15) is 0 Å². The van der Waals surface area contributed by atoms with Gasteiger partial charge in [-0.3, -0.25) is 9.79 Å². The van der Waals surface area contributed by atoms with E-state index in [1.54, 1.807) is 18.2 Å². The molecule has 30 heavy (non-hydrogen) atoms. The lowest BCUT2D eigenvalue weighted by atomic mass is 10.1. The maximum Gasteiger partial charge on any atom is 0.251 e. The summed E-state index contributed by atoms with van der Waals surface area (Å²) in [5.74, 6) is 1.47. The molecule has 2 N–H and O–H groups in total. The number of hydrogen-bond acceptors (Lipinski definition) is 8. The van der Waals surface area contributed by atoms with Crippen molar-refractivity contribution in [3.05, 3.63) is 53.6 Å². The predicted molar refractivity (Wildman–Crippen MR) is 115 cm³/mol. The Balaban J connectivity index is 1.21. The zero-order valence-corrected chi connectivity index (χ0v) is 17.5. The molecule has 3 aliphatic heterocycles. The number of thioether (sulfide) groups is 1. The predicted octanol–water partition coefficient (Wildman–Crippen LogP) is 2.03. The van der Waals surface area contributed by atoms with Crippen molar-refractivity contribution >= 4 is 38.4 Å². The number of aliphatic imine (C=N–C) groups is 1. The molecule has 5 rings (SSSR count). The number of amides is 1. The average Bonchev–Trinajstić information content (AvgIpc) is 3.38. The molecule has 1 amide bonds. The third-order valence-corrected chi connectivity index (χ3v) is 8.23. The molecule has 3 heterocycles. The number of carbonyl (C=O) groups excluding carboxylic acids is 1. The van der Waals surface area contributed by atoms with Gasteiger partial charge >= 0.3 is 0 Å². The van der Waals surface area contributed by atoms with Crippen LogP contribution in [0.1, 0.15) is 15.9 Å². The van der Waals surface area contributed by atoms with Crippen LogP contribution in [-0.4, -0.2) is 49.1 Å². The minimum atomic E-state index is -2.98. The molecule has 0 bridgehead atoms. The second-order valence-corrected chi connectivity index (χ2v) is 10.7. The van der Waals surface area contributed by atoms with Gasteiger partial charge in [-0.05, 0) is 35.9 Å². The van der Waals surface area contributed by atoms with Gasteiger partial charge in [0.05, 0.1) is 17.5 Å². The second-order valence-electron chi connectivity index (χ2n) is 7.31. The van der Waals surface area contributed by atoms with Gasteiger partial charge in [-0.2, -0.15) is 0 Å². The second kappa shape index (κ2) is 7.51. The van der Waals surface area contributed by atoms with E-state index in [9.17, 15) is 13.2 Å². The molecule has 1 fully saturated rings. The Kier molecular flexibility index (Phi) is 4.82. The fraction of sp³-hybridized carbons (Fsp3) is 0.300. The summed E-state index contributed by atoms with van der Waals surface area (Å²) in [6.07, 6.45) is 0. The number of nitrogens with one attached hydrogen (secondary N) is 2. The lowest BCUT2D eigenvalue weighted by Crippen LogP contribution is -2.23. The van der Waals surface area contributed by atoms with Crippen LogP contribution in [0.4, 0.5) is 5.69 Å². The van der Waals surface area contributed by atoms with Crippen molar-refractivity contribution in [3.8, 4) is 11.5 Å². The van der Waals surface area contributed by atoms with Crippen molar-refractivity contribution < 1.29 is 22.7 Å². The Morgan fingerprint density at radius 2 is 2.00 bits per heavy atom. The number of hydrogen-bond donors (Lipinski definition) is 2. The summed E-state index contributed by atoms with van der Waals surface area (Å²) in [6, 6.07) is 12.5. The molecule has 2 aromatic rings. The fourth-order valence-electron chi connectivity index (χ4n) is 3.61. The molecule has 0 unspecified atom stereocenters. The number of rotatable bonds is 4. The Labute approximate surface area is 178 Å². The van der Waals surface area contributed by atoms with E-state index in [2.05, 4.69) is 15.6 Å². The largest absolute Gasteiger partial charge is 0.454 e. The van der Waals surface area contributed by atoms with E-state index in [0.29, 0.717) is 28.8 Å². The number of nitrogens with zero attached hydrogens (tertiary/aromatic N) is 1. The van der Waals surface area contributed by atoms with Gasteiger partial charge in [-0.1, -0.05) is 23.9 Å². The molecule has 3 aliphatic rings. The molecule has 2 aromatic carbocycles. The van der Waals surface area contributed by atoms with E-state index in [4.69, 9.17) is 9.47 Å². The molecule has 10 heteroatoms. The Morgan fingerprint density at radius 1 is 1.13 bits per heavy atom. The lowest BCUT2D eigenvalue weighted by Gasteiger charge is -2.10. The third-order valence-electron chi connectivity index (χ3n) is 5.08. The van der Waals surface area contributed by atoms with Crippen molar-refractivity contribution in [2.75, 3.05) is 23.6 Å². The first-order valence-corrected chi connectivity index (χ1v) is 12.1. The van der Waals surface area contributed by atoms with Crippen molar-refractivity contribution in [1.82, 2.24) is 5.32 Å². The van der Waals surface area contributed by atoms with Gasteiger partial charge in [-0.25, -0.2) is 8.42 Å². The lowest BCUT2D eigenvalue weighted by molar-refractivity contribution is 0.0951. The van der Waals surface area contributed by atoms with Crippen LogP contribution < -0.4 is 20.1 Å². The van der Waals surface area contributed by atoms with Crippen LogP contribution in [0.5, 0.6) is 11.5 Å². The monoisotopic (exact) mass is 445 g/mol. The van der Waals surface area contributed by atoms with E-state index in [0.717, 1.165) is 11.3 Å². The number of anilines is 1. The summed E-state index contributed by atoms with van der Waals surface area (Å²) in [7, 11) is -2.98. The van der Waals surface area contributed by atoms with Crippen LogP contribution in [0.15, 0.2) is 47.5 Å². The van der Waals surface area contributed by atoms with Gasteiger partial charge in [0.2, 0.25) is 6.79 Å². The normalized spacial score (nSPS) is 23.0. The number of sulfone groups is 1. The standard InChI is InChI=1S/C20H19N3O5S2/c24-19(21-8-12-4-5-16-17(6-12)28-11-27-16)13-2-1-3-14(7-13)22-20-23-15-9-30(25,26)10-18(15)29-20/h1-7,15,18H,8-11H2,(H,21,24)(H,22,23)/t15-,18+/m0/s1. The molecule has 1 saturated heterocycles. The van der Waals surface area contributed by atoms with Gasteiger partial charge in [0.25, 0.3) is 5.91 Å². The van der Waals surface area contributed by atoms with Crippen LogP contribution in [0.3, 0.4) is 0 Å². The first kappa shape index (κ1) is 19.3. The minimum absolute atomic E-state index is 0.0225. The number of carbonyl (C=O) groups is 1. The van der Waals surface area contributed by atoms with Gasteiger partial charge in [0.15, 0.2) is 26.5 Å². The average molecular weight is 446 g/mol. The Bertz CT molecular complexity index is 1150. The van der Waals surface area contributed by atoms with Gasteiger partial charge in [-0.15, -0.1) is 0 Å². The first-order valence-electron chi connectivity index (χ1n) is 9.44. The molecule has 0 aliphatic carbocycles. The molecular formula is C20H19N3O5S2. The highest BCUT2D eigenvalue weighted by atomic mass is 32.2. The summed E-state index contributed by atoms with van der Waals surface area (Å²) in [6.45, 7) is 0.583. The first-order chi connectivity index (χ1) is 14.4. The van der Waals surface area contributed by atoms with Crippen LogP contribution in [0.2, 0.25) is 0 Å². The topological polar surface area (TPSA) is 106 Å². The van der Waals surface area contributed by atoms with Gasteiger partial charge in [0, 0.05) is 23.0 Å². The zero-order valence-electron chi connectivity index (χ0n) is 15.8. The fourth-order valence-corrected chi connectivity index (χ4v) is 7.29. The molecule has 156 valence electrons. The summed E-state index contributed by atoms with van der Waals surface area (Å²) < 4.78 is 34.0. The summed E-state index contributed by atoms with van der Waals surface area (Å²) in [4.78, 5) is 17.1. The number of benzene rings is 2. The van der Waals surface area contributed by atoms with Crippen molar-refractivity contribution in [2.45, 2.75) is 17.8 Å². The van der Waals surface area contributed by atoms with E-state index in [-0.39, 0.29) is 35.5 Å². The van der Waals surface area contributed by atoms with E-state index in [1.807, 2.05) is 24.3 Å². The Hall–Kier alpha value is -2.72. The highest BCUT2D eigenvalue weighted by Crippen LogP contribution is 2.35. The van der Waals surface area contributed by atoms with Crippen molar-refractivity contribution in [2.24, 2.45) is 4.99 Å². The van der Waals surface area contributed by atoms with E-state index >= 15 is 0 Å². The highest BCUT2D eigenvalue weighted by Gasteiger charge is 2.42. The molecule has 2 atom stereocenters. The molecule has 8 nitrogen and oxygen atoms in total. The maximum atomic E-state index is 12.6. The van der Waals surface area contributed by atoms with E-state index in [1.165, 1.54) is 11.8 Å². The summed E-state index contributed by atoms with van der Waals surface area (Å²) in [5.41, 5.74) is 2.17. The van der Waals surface area contributed by atoms with Crippen LogP contribution in [0, 0.1) is 0 Å². The van der Waals surface area contributed by atoms with Crippen molar-refractivity contribution in [3.63, 3.8) is 0 Å². The maximum absolute atomic E-state index is 12.6. The SMILES string of the molecule is O=C(NCc1ccc2c(c1)OCO2)c1cccc(NC2=N[C@H]3CS(=O)(=O)C[C@H]3S2)c1.